The van der Waals surface area contributed by atoms with Crippen molar-refractivity contribution in [1.29, 1.82) is 0 Å². The molecule has 0 aliphatic rings. The third-order valence-corrected chi connectivity index (χ3v) is 3.15. The molecule has 0 aromatic heterocycles. The van der Waals surface area contributed by atoms with Crippen molar-refractivity contribution < 1.29 is 19.2 Å². The molecule has 0 radical (unpaired) electrons. The molecule has 0 fully saturated rings. The lowest BCUT2D eigenvalue weighted by atomic mass is 9.99. The molecule has 0 aromatic carbocycles. The lowest BCUT2D eigenvalue weighted by Gasteiger charge is -2.35. The fourth-order valence-electron chi connectivity index (χ4n) is 1.93. The lowest BCUT2D eigenvalue weighted by Crippen LogP contribution is -2.47. The van der Waals surface area contributed by atoms with Gasteiger partial charge in [-0.3, -0.25) is 9.63 Å². The van der Waals surface area contributed by atoms with E-state index in [1.54, 1.807) is 11.9 Å². The van der Waals surface area contributed by atoms with Crippen LogP contribution in [0.15, 0.2) is 0 Å². The summed E-state index contributed by atoms with van der Waals surface area (Å²) in [4.78, 5) is 30.8. The molecule has 0 spiro atoms. The molecular formula is C15H30N2O4. The molecule has 0 saturated heterocycles. The summed E-state index contributed by atoms with van der Waals surface area (Å²) >= 11 is 0. The number of carbonyl (C=O) groups is 2. The maximum atomic E-state index is 12.3. The van der Waals surface area contributed by atoms with E-state index in [9.17, 15) is 9.59 Å². The Morgan fingerprint density at radius 1 is 1.19 bits per heavy atom. The van der Waals surface area contributed by atoms with Gasteiger partial charge in [0.15, 0.2) is 0 Å². The van der Waals surface area contributed by atoms with E-state index in [-0.39, 0.29) is 24.3 Å². The number of hydrogen-bond acceptors (Lipinski definition) is 4. The molecule has 124 valence electrons. The Morgan fingerprint density at radius 3 is 2.05 bits per heavy atom. The SMILES string of the molecule is CCN(C(=O)OC(C)(C)C)[C@H](CC(=O)N(C)OC)C(C)C. The van der Waals surface area contributed by atoms with E-state index in [2.05, 4.69) is 0 Å². The summed E-state index contributed by atoms with van der Waals surface area (Å²) in [6, 6.07) is -0.227. The summed E-state index contributed by atoms with van der Waals surface area (Å²) in [5.41, 5.74) is -0.556. The van der Waals surface area contributed by atoms with Gasteiger partial charge in [-0.2, -0.15) is 0 Å². The predicted molar refractivity (Wildman–Crippen MR) is 81.6 cm³/mol. The first-order valence-electron chi connectivity index (χ1n) is 7.33. The van der Waals surface area contributed by atoms with E-state index < -0.39 is 11.7 Å². The molecular weight excluding hydrogens is 272 g/mol. The number of hydrogen-bond donors (Lipinski definition) is 0. The zero-order valence-electron chi connectivity index (χ0n) is 14.6. The van der Waals surface area contributed by atoms with Crippen LogP contribution in [0, 0.1) is 5.92 Å². The highest BCUT2D eigenvalue weighted by Crippen LogP contribution is 2.19. The maximum Gasteiger partial charge on any atom is 0.410 e. The molecule has 0 saturated carbocycles. The van der Waals surface area contributed by atoms with Crippen LogP contribution in [-0.2, 0) is 14.4 Å². The maximum absolute atomic E-state index is 12.3. The second kappa shape index (κ2) is 8.22. The third kappa shape index (κ3) is 6.80. The van der Waals surface area contributed by atoms with E-state index in [1.807, 2.05) is 41.5 Å². The van der Waals surface area contributed by atoms with Crippen LogP contribution in [0.4, 0.5) is 4.79 Å². The number of nitrogens with zero attached hydrogens (tertiary/aromatic N) is 2. The van der Waals surface area contributed by atoms with E-state index in [0.717, 1.165) is 0 Å². The molecule has 0 bridgehead atoms. The number of carbonyl (C=O) groups excluding carboxylic acids is 2. The molecule has 0 N–H and O–H groups in total. The largest absolute Gasteiger partial charge is 0.444 e. The van der Waals surface area contributed by atoms with Gasteiger partial charge in [-0.25, -0.2) is 9.86 Å². The zero-order valence-corrected chi connectivity index (χ0v) is 14.6. The highest BCUT2D eigenvalue weighted by molar-refractivity contribution is 5.77. The van der Waals surface area contributed by atoms with Crippen molar-refractivity contribution in [3.8, 4) is 0 Å². The van der Waals surface area contributed by atoms with E-state index in [4.69, 9.17) is 9.57 Å². The van der Waals surface area contributed by atoms with Gasteiger partial charge in [-0.1, -0.05) is 13.8 Å². The number of amides is 2. The molecule has 0 aliphatic carbocycles. The molecule has 6 heteroatoms. The highest BCUT2D eigenvalue weighted by Gasteiger charge is 2.31. The third-order valence-electron chi connectivity index (χ3n) is 3.15. The van der Waals surface area contributed by atoms with Crippen LogP contribution < -0.4 is 0 Å². The fraction of sp³-hybridized carbons (Fsp3) is 0.867. The molecule has 2 amide bonds. The van der Waals surface area contributed by atoms with Gasteiger partial charge in [-0.15, -0.1) is 0 Å². The first kappa shape index (κ1) is 19.7. The quantitative estimate of drug-likeness (QED) is 0.708. The van der Waals surface area contributed by atoms with Crippen molar-refractivity contribution in [3.05, 3.63) is 0 Å². The summed E-state index contributed by atoms with van der Waals surface area (Å²) < 4.78 is 5.42. The zero-order chi connectivity index (χ0) is 16.8. The molecule has 0 aliphatic heterocycles. The standard InChI is InChI=1S/C15H30N2O4/c1-9-17(14(19)21-15(4,5)6)12(11(2)3)10-13(18)16(7)20-8/h11-12H,9-10H2,1-8H3/t12-/m1/s1. The normalized spacial score (nSPS) is 13.0. The number of ether oxygens (including phenoxy) is 1. The average Bonchev–Trinajstić information content (AvgIpc) is 2.34. The Hall–Kier alpha value is -1.30. The molecule has 1 atom stereocenters. The number of hydroxylamine groups is 2. The second-order valence-electron chi connectivity index (χ2n) is 6.36. The van der Waals surface area contributed by atoms with Crippen LogP contribution in [-0.4, -0.2) is 54.3 Å². The lowest BCUT2D eigenvalue weighted by molar-refractivity contribution is -0.170. The molecule has 6 nitrogen and oxygen atoms in total. The summed E-state index contributed by atoms with van der Waals surface area (Å²) in [6.45, 7) is 11.8. The topological polar surface area (TPSA) is 59.1 Å². The monoisotopic (exact) mass is 302 g/mol. The number of rotatable bonds is 6. The minimum atomic E-state index is -0.556. The Kier molecular flexibility index (Phi) is 7.71. The van der Waals surface area contributed by atoms with Crippen LogP contribution in [0.25, 0.3) is 0 Å². The van der Waals surface area contributed by atoms with Crippen LogP contribution >= 0.6 is 0 Å². The highest BCUT2D eigenvalue weighted by atomic mass is 16.7. The van der Waals surface area contributed by atoms with E-state index in [1.165, 1.54) is 12.2 Å². The van der Waals surface area contributed by atoms with Crippen molar-refractivity contribution >= 4 is 12.0 Å². The summed E-state index contributed by atoms with van der Waals surface area (Å²) in [5.74, 6) is -0.0371. The molecule has 0 aromatic rings. The van der Waals surface area contributed by atoms with Crippen LogP contribution in [0.5, 0.6) is 0 Å². The van der Waals surface area contributed by atoms with Gasteiger partial charge in [0.25, 0.3) is 0 Å². The van der Waals surface area contributed by atoms with Crippen molar-refractivity contribution in [2.24, 2.45) is 5.92 Å². The van der Waals surface area contributed by atoms with Crippen molar-refractivity contribution in [2.75, 3.05) is 20.7 Å². The Labute approximate surface area is 128 Å². The van der Waals surface area contributed by atoms with Gasteiger partial charge in [0.1, 0.15) is 5.60 Å². The van der Waals surface area contributed by atoms with Gasteiger partial charge in [0.05, 0.1) is 7.11 Å². The summed E-state index contributed by atoms with van der Waals surface area (Å²) in [7, 11) is 3.00. The van der Waals surface area contributed by atoms with Gasteiger partial charge >= 0.3 is 6.09 Å². The van der Waals surface area contributed by atoms with Gasteiger partial charge in [-0.05, 0) is 33.6 Å². The first-order valence-corrected chi connectivity index (χ1v) is 7.33. The fourth-order valence-corrected chi connectivity index (χ4v) is 1.93. The smallest absolute Gasteiger partial charge is 0.410 e. The predicted octanol–water partition coefficient (Wildman–Crippen LogP) is 2.68. The Morgan fingerprint density at radius 2 is 1.71 bits per heavy atom. The minimum absolute atomic E-state index is 0.131. The summed E-state index contributed by atoms with van der Waals surface area (Å²) in [5, 5.41) is 1.18. The van der Waals surface area contributed by atoms with Crippen molar-refractivity contribution in [2.45, 2.75) is 59.6 Å². The first-order chi connectivity index (χ1) is 9.53. The Balaban J connectivity index is 5.05. The Bertz CT molecular complexity index is 350. The average molecular weight is 302 g/mol. The van der Waals surface area contributed by atoms with E-state index in [0.29, 0.717) is 6.54 Å². The van der Waals surface area contributed by atoms with Gasteiger partial charge < -0.3 is 9.64 Å². The molecule has 21 heavy (non-hydrogen) atoms. The second-order valence-corrected chi connectivity index (χ2v) is 6.36. The van der Waals surface area contributed by atoms with Crippen molar-refractivity contribution in [3.63, 3.8) is 0 Å². The van der Waals surface area contributed by atoms with Crippen LogP contribution in [0.3, 0.4) is 0 Å². The molecule has 0 rings (SSSR count). The van der Waals surface area contributed by atoms with Crippen molar-refractivity contribution in [1.82, 2.24) is 9.96 Å². The van der Waals surface area contributed by atoms with Crippen LogP contribution in [0.1, 0.15) is 48.0 Å². The van der Waals surface area contributed by atoms with Crippen LogP contribution in [0.2, 0.25) is 0 Å². The molecule has 0 unspecified atom stereocenters. The van der Waals surface area contributed by atoms with Gasteiger partial charge in [0.2, 0.25) is 5.91 Å². The van der Waals surface area contributed by atoms with Gasteiger partial charge in [0, 0.05) is 26.1 Å². The minimum Gasteiger partial charge on any atom is -0.444 e. The van der Waals surface area contributed by atoms with E-state index >= 15 is 0 Å². The molecule has 0 heterocycles. The summed E-state index contributed by atoms with van der Waals surface area (Å²) in [6.07, 6.45) is -0.189.